The highest BCUT2D eigenvalue weighted by atomic mass is 28.3. The van der Waals surface area contributed by atoms with Gasteiger partial charge in [0.15, 0.2) is 8.07 Å². The zero-order valence-corrected chi connectivity index (χ0v) is 20.1. The van der Waals surface area contributed by atoms with Crippen LogP contribution in [0.4, 0.5) is 0 Å². The van der Waals surface area contributed by atoms with Gasteiger partial charge in [-0.05, 0) is 55.8 Å². The van der Waals surface area contributed by atoms with E-state index < -0.39 is 8.07 Å². The van der Waals surface area contributed by atoms with Crippen LogP contribution in [0.2, 0.25) is 5.04 Å². The molecule has 152 valence electrons. The van der Waals surface area contributed by atoms with E-state index in [0.717, 1.165) is 0 Å². The molecule has 0 N–H and O–H groups in total. The van der Waals surface area contributed by atoms with E-state index in [1.165, 1.54) is 43.4 Å². The summed E-state index contributed by atoms with van der Waals surface area (Å²) in [6.45, 7) is 13.9. The topological polar surface area (TPSA) is 0 Å². The standard InChI is InChI=1S/C29H32Si/c1-21-17-22(2)19-28(18-21)30(26-13-9-7-10-14-26,27-15-11-8-12-16-27)29(6)20-23(3)24(4)25(29)5/h7-20H,1-6H3. The molecule has 30 heavy (non-hydrogen) atoms. The summed E-state index contributed by atoms with van der Waals surface area (Å²) in [6, 6.07) is 29.8. The summed E-state index contributed by atoms with van der Waals surface area (Å²) >= 11 is 0. The van der Waals surface area contributed by atoms with Crippen LogP contribution in [-0.2, 0) is 0 Å². The third-order valence-corrected chi connectivity index (χ3v) is 12.9. The van der Waals surface area contributed by atoms with Crippen LogP contribution in [0.15, 0.2) is 102 Å². The molecule has 0 fully saturated rings. The lowest BCUT2D eigenvalue weighted by atomic mass is 10.0. The van der Waals surface area contributed by atoms with Crippen molar-refractivity contribution in [3.63, 3.8) is 0 Å². The Morgan fingerprint density at radius 1 is 0.600 bits per heavy atom. The van der Waals surface area contributed by atoms with Crippen LogP contribution in [0, 0.1) is 13.8 Å². The zero-order valence-electron chi connectivity index (χ0n) is 19.1. The lowest BCUT2D eigenvalue weighted by Gasteiger charge is -2.47. The van der Waals surface area contributed by atoms with Gasteiger partial charge >= 0.3 is 0 Å². The van der Waals surface area contributed by atoms with Crippen LogP contribution < -0.4 is 15.6 Å². The third kappa shape index (κ3) is 2.95. The predicted molar refractivity (Wildman–Crippen MR) is 134 cm³/mol. The number of allylic oxidation sites excluding steroid dienone is 4. The van der Waals surface area contributed by atoms with E-state index in [1.807, 2.05) is 0 Å². The molecule has 0 spiro atoms. The maximum atomic E-state index is 2.57. The molecule has 0 aliphatic heterocycles. The van der Waals surface area contributed by atoms with E-state index in [0.29, 0.717) is 0 Å². The van der Waals surface area contributed by atoms with Gasteiger partial charge in [0.05, 0.1) is 0 Å². The molecule has 1 atom stereocenters. The van der Waals surface area contributed by atoms with Crippen LogP contribution in [0.25, 0.3) is 0 Å². The van der Waals surface area contributed by atoms with Crippen molar-refractivity contribution in [1.82, 2.24) is 0 Å². The fourth-order valence-corrected chi connectivity index (χ4v) is 11.9. The van der Waals surface area contributed by atoms with Gasteiger partial charge in [0.1, 0.15) is 0 Å². The lowest BCUT2D eigenvalue weighted by molar-refractivity contribution is 0.870. The Morgan fingerprint density at radius 2 is 1.07 bits per heavy atom. The molecule has 4 rings (SSSR count). The number of aryl methyl sites for hydroxylation is 2. The number of hydrogen-bond acceptors (Lipinski definition) is 0. The number of rotatable bonds is 4. The van der Waals surface area contributed by atoms with E-state index in [4.69, 9.17) is 0 Å². The Balaban J connectivity index is 2.22. The van der Waals surface area contributed by atoms with Crippen molar-refractivity contribution in [2.24, 2.45) is 0 Å². The van der Waals surface area contributed by atoms with Gasteiger partial charge in [-0.2, -0.15) is 0 Å². The molecule has 1 heteroatoms. The summed E-state index contributed by atoms with van der Waals surface area (Å²) in [5.74, 6) is 0. The van der Waals surface area contributed by atoms with E-state index >= 15 is 0 Å². The second-order valence-electron chi connectivity index (χ2n) is 9.14. The molecule has 0 saturated heterocycles. The van der Waals surface area contributed by atoms with Crippen molar-refractivity contribution >= 4 is 23.6 Å². The molecule has 0 saturated carbocycles. The van der Waals surface area contributed by atoms with Gasteiger partial charge in [0.25, 0.3) is 0 Å². The Kier molecular flexibility index (Phi) is 5.19. The maximum Gasteiger partial charge on any atom is 0.161 e. The van der Waals surface area contributed by atoms with Crippen molar-refractivity contribution in [2.45, 2.75) is 46.6 Å². The molecule has 1 unspecified atom stereocenters. The van der Waals surface area contributed by atoms with Crippen LogP contribution in [0.5, 0.6) is 0 Å². The molecule has 0 radical (unpaired) electrons. The normalized spacial score (nSPS) is 19.2. The third-order valence-electron chi connectivity index (χ3n) is 7.29. The minimum atomic E-state index is -2.46. The molecular weight excluding hydrogens is 376 g/mol. The van der Waals surface area contributed by atoms with Crippen molar-refractivity contribution in [1.29, 1.82) is 0 Å². The average Bonchev–Trinajstić information content (AvgIpc) is 2.93. The number of hydrogen-bond donors (Lipinski definition) is 0. The van der Waals surface area contributed by atoms with Gasteiger partial charge in [-0.1, -0.05) is 114 Å². The van der Waals surface area contributed by atoms with Gasteiger partial charge in [-0.15, -0.1) is 0 Å². The summed E-state index contributed by atoms with van der Waals surface area (Å²) < 4.78 is 0. The van der Waals surface area contributed by atoms with Gasteiger partial charge in [-0.3, -0.25) is 0 Å². The molecule has 0 aromatic heterocycles. The first-order valence-corrected chi connectivity index (χ1v) is 12.9. The molecule has 0 bridgehead atoms. The molecule has 3 aromatic rings. The van der Waals surface area contributed by atoms with E-state index in [2.05, 4.69) is 126 Å². The molecule has 3 aromatic carbocycles. The van der Waals surface area contributed by atoms with Crippen LogP contribution >= 0.6 is 0 Å². The first-order valence-electron chi connectivity index (χ1n) is 10.9. The van der Waals surface area contributed by atoms with Gasteiger partial charge in [0.2, 0.25) is 0 Å². The van der Waals surface area contributed by atoms with Gasteiger partial charge in [-0.25, -0.2) is 0 Å². The second-order valence-corrected chi connectivity index (χ2v) is 13.4. The molecule has 0 nitrogen and oxygen atoms in total. The molecule has 0 heterocycles. The quantitative estimate of drug-likeness (QED) is 0.376. The summed E-state index contributed by atoms with van der Waals surface area (Å²) in [7, 11) is -2.46. The smallest absolute Gasteiger partial charge is 0.0730 e. The zero-order chi connectivity index (χ0) is 21.5. The fourth-order valence-electron chi connectivity index (χ4n) is 5.69. The second kappa shape index (κ2) is 7.56. The predicted octanol–water partition coefficient (Wildman–Crippen LogP) is 5.83. The Morgan fingerprint density at radius 3 is 1.47 bits per heavy atom. The largest absolute Gasteiger partial charge is 0.161 e. The van der Waals surface area contributed by atoms with Crippen LogP contribution in [0.1, 0.15) is 38.8 Å². The average molecular weight is 409 g/mol. The highest BCUT2D eigenvalue weighted by Crippen LogP contribution is 2.52. The molecule has 1 aliphatic carbocycles. The van der Waals surface area contributed by atoms with Crippen LogP contribution in [-0.4, -0.2) is 8.07 Å². The summed E-state index contributed by atoms with van der Waals surface area (Å²) in [5, 5.41) is 4.41. The SMILES string of the molecule is CC1=CC(C)([Si](c2ccccc2)(c2ccccc2)c2cc(C)cc(C)c2)C(C)=C1C. The highest BCUT2D eigenvalue weighted by molar-refractivity contribution is 7.14. The van der Waals surface area contributed by atoms with Crippen molar-refractivity contribution in [2.75, 3.05) is 0 Å². The van der Waals surface area contributed by atoms with Crippen molar-refractivity contribution in [3.8, 4) is 0 Å². The van der Waals surface area contributed by atoms with Gasteiger partial charge in [0, 0.05) is 5.04 Å². The highest BCUT2D eigenvalue weighted by Gasteiger charge is 2.55. The number of benzene rings is 3. The minimum Gasteiger partial charge on any atom is -0.0730 e. The first kappa shape index (κ1) is 20.6. The van der Waals surface area contributed by atoms with Gasteiger partial charge < -0.3 is 0 Å². The van der Waals surface area contributed by atoms with E-state index in [9.17, 15) is 0 Å². The lowest BCUT2D eigenvalue weighted by Crippen LogP contribution is -2.73. The van der Waals surface area contributed by atoms with E-state index in [-0.39, 0.29) is 5.04 Å². The Bertz CT molecular complexity index is 1080. The first-order chi connectivity index (χ1) is 14.3. The summed E-state index contributed by atoms with van der Waals surface area (Å²) in [5.41, 5.74) is 7.07. The molecular formula is C29H32Si. The van der Waals surface area contributed by atoms with Crippen molar-refractivity contribution in [3.05, 3.63) is 113 Å². The summed E-state index contributed by atoms with van der Waals surface area (Å²) in [6.07, 6.45) is 2.57. The van der Waals surface area contributed by atoms with Crippen LogP contribution in [0.3, 0.4) is 0 Å². The maximum absolute atomic E-state index is 2.57. The molecule has 1 aliphatic rings. The van der Waals surface area contributed by atoms with Crippen molar-refractivity contribution < 1.29 is 0 Å². The molecule has 0 amide bonds. The Labute approximate surface area is 183 Å². The summed E-state index contributed by atoms with van der Waals surface area (Å²) in [4.78, 5) is 0. The van der Waals surface area contributed by atoms with E-state index in [1.54, 1.807) is 0 Å². The monoisotopic (exact) mass is 408 g/mol. The Hall–Kier alpha value is -2.64. The minimum absolute atomic E-state index is 0.0376. The fraction of sp³-hybridized carbons (Fsp3) is 0.241.